The van der Waals surface area contributed by atoms with Gasteiger partial charge in [-0.2, -0.15) is 5.10 Å². The fourth-order valence-corrected chi connectivity index (χ4v) is 3.50. The first-order valence-corrected chi connectivity index (χ1v) is 8.59. The van der Waals surface area contributed by atoms with Gasteiger partial charge < -0.3 is 9.64 Å². The van der Waals surface area contributed by atoms with Gasteiger partial charge in [0.1, 0.15) is 0 Å². The molecule has 2 aliphatic heterocycles. The first kappa shape index (κ1) is 15.7. The minimum absolute atomic E-state index is 0.424. The topological polar surface area (TPSA) is 41.5 Å². The van der Waals surface area contributed by atoms with E-state index >= 15 is 0 Å². The van der Waals surface area contributed by atoms with Gasteiger partial charge in [-0.05, 0) is 58.2 Å². The molecule has 0 amide bonds. The summed E-state index contributed by atoms with van der Waals surface area (Å²) in [5.74, 6) is 1.01. The van der Waals surface area contributed by atoms with Gasteiger partial charge in [-0.3, -0.25) is 4.90 Å². The summed E-state index contributed by atoms with van der Waals surface area (Å²) >= 11 is 0. The van der Waals surface area contributed by atoms with E-state index in [1.54, 1.807) is 0 Å². The normalized spacial score (nSPS) is 26.4. The number of nitrogens with zero attached hydrogens (tertiary/aromatic N) is 4. The van der Waals surface area contributed by atoms with Crippen LogP contribution in [0.4, 0.5) is 5.82 Å². The van der Waals surface area contributed by atoms with Crippen molar-refractivity contribution in [3.8, 4) is 0 Å². The van der Waals surface area contributed by atoms with Crippen molar-refractivity contribution >= 4 is 5.82 Å². The van der Waals surface area contributed by atoms with Gasteiger partial charge in [-0.25, -0.2) is 0 Å². The highest BCUT2D eigenvalue weighted by Crippen LogP contribution is 2.21. The molecule has 1 aromatic heterocycles. The Morgan fingerprint density at radius 3 is 2.86 bits per heavy atom. The fraction of sp³-hybridized carbons (Fsp3) is 0.765. The maximum atomic E-state index is 5.89. The van der Waals surface area contributed by atoms with E-state index in [-0.39, 0.29) is 0 Å². The lowest BCUT2D eigenvalue weighted by Gasteiger charge is -2.39. The minimum Gasteiger partial charge on any atom is -0.377 e. The third-order valence-corrected chi connectivity index (χ3v) is 4.89. The highest BCUT2D eigenvalue weighted by atomic mass is 16.5. The summed E-state index contributed by atoms with van der Waals surface area (Å²) in [6.45, 7) is 6.10. The van der Waals surface area contributed by atoms with Gasteiger partial charge in [0, 0.05) is 32.3 Å². The molecule has 2 saturated heterocycles. The molecule has 0 radical (unpaired) electrons. The standard InChI is InChI=1S/C17H28N4O/c1-14-8-9-17(19-18-14)21-10-5-6-15(12-21)20(2)13-16-7-3-4-11-22-16/h8-9,15-16H,3-7,10-13H2,1-2H3. The smallest absolute Gasteiger partial charge is 0.151 e. The zero-order chi connectivity index (χ0) is 15.4. The van der Waals surface area contributed by atoms with Crippen LogP contribution in [-0.4, -0.2) is 60.5 Å². The fourth-order valence-electron chi connectivity index (χ4n) is 3.50. The van der Waals surface area contributed by atoms with Crippen LogP contribution in [0.5, 0.6) is 0 Å². The van der Waals surface area contributed by atoms with Crippen LogP contribution in [0.2, 0.25) is 0 Å². The summed E-state index contributed by atoms with van der Waals surface area (Å²) in [4.78, 5) is 4.86. The molecule has 5 heteroatoms. The predicted octanol–water partition coefficient (Wildman–Crippen LogP) is 2.25. The lowest BCUT2D eigenvalue weighted by molar-refractivity contribution is -0.00908. The number of aryl methyl sites for hydroxylation is 1. The van der Waals surface area contributed by atoms with Gasteiger partial charge >= 0.3 is 0 Å². The molecule has 2 aliphatic rings. The molecule has 122 valence electrons. The van der Waals surface area contributed by atoms with E-state index in [1.807, 2.05) is 13.0 Å². The van der Waals surface area contributed by atoms with Crippen molar-refractivity contribution in [2.75, 3.05) is 38.2 Å². The number of hydrogen-bond acceptors (Lipinski definition) is 5. The molecular formula is C17H28N4O. The van der Waals surface area contributed by atoms with Crippen LogP contribution in [0.15, 0.2) is 12.1 Å². The second-order valence-electron chi connectivity index (χ2n) is 6.70. The summed E-state index contributed by atoms with van der Waals surface area (Å²) < 4.78 is 5.89. The average Bonchev–Trinajstić information content (AvgIpc) is 2.56. The Labute approximate surface area is 133 Å². The third kappa shape index (κ3) is 3.96. The molecule has 0 spiro atoms. The van der Waals surface area contributed by atoms with Crippen LogP contribution in [-0.2, 0) is 4.74 Å². The van der Waals surface area contributed by atoms with Crippen molar-refractivity contribution in [3.63, 3.8) is 0 Å². The number of likely N-dealkylation sites (N-methyl/N-ethyl adjacent to an activating group) is 1. The zero-order valence-corrected chi connectivity index (χ0v) is 13.9. The van der Waals surface area contributed by atoms with Crippen LogP contribution < -0.4 is 4.90 Å². The maximum absolute atomic E-state index is 5.89. The van der Waals surface area contributed by atoms with Gasteiger partial charge in [-0.1, -0.05) is 0 Å². The molecule has 5 nitrogen and oxygen atoms in total. The molecule has 1 aromatic rings. The Morgan fingerprint density at radius 2 is 2.14 bits per heavy atom. The Kier molecular flexibility index (Phi) is 5.26. The summed E-state index contributed by atoms with van der Waals surface area (Å²) in [6.07, 6.45) is 6.66. The lowest BCUT2D eigenvalue weighted by Crippen LogP contribution is -2.49. The Balaban J connectivity index is 1.56. The molecule has 2 atom stereocenters. The van der Waals surface area contributed by atoms with Gasteiger partial charge in [0.15, 0.2) is 5.82 Å². The summed E-state index contributed by atoms with van der Waals surface area (Å²) in [5, 5.41) is 8.54. The molecule has 0 saturated carbocycles. The van der Waals surface area contributed by atoms with Crippen LogP contribution in [0, 0.1) is 6.92 Å². The SMILES string of the molecule is Cc1ccc(N2CCCC(N(C)CC3CCCCO3)C2)nn1. The molecule has 0 bridgehead atoms. The molecular weight excluding hydrogens is 276 g/mol. The number of ether oxygens (including phenoxy) is 1. The lowest BCUT2D eigenvalue weighted by atomic mass is 10.0. The Morgan fingerprint density at radius 1 is 1.23 bits per heavy atom. The minimum atomic E-state index is 0.424. The van der Waals surface area contributed by atoms with Gasteiger partial charge in [0.2, 0.25) is 0 Å². The summed E-state index contributed by atoms with van der Waals surface area (Å²) in [6, 6.07) is 4.72. The van der Waals surface area contributed by atoms with Gasteiger partial charge in [-0.15, -0.1) is 5.10 Å². The highest BCUT2D eigenvalue weighted by Gasteiger charge is 2.26. The largest absolute Gasteiger partial charge is 0.377 e. The second kappa shape index (κ2) is 7.38. The monoisotopic (exact) mass is 304 g/mol. The summed E-state index contributed by atoms with van der Waals surface area (Å²) in [7, 11) is 2.24. The van der Waals surface area contributed by atoms with Crippen LogP contribution >= 0.6 is 0 Å². The van der Waals surface area contributed by atoms with E-state index in [0.29, 0.717) is 12.1 Å². The molecule has 0 aliphatic carbocycles. The number of aromatic nitrogens is 2. The first-order valence-electron chi connectivity index (χ1n) is 8.59. The number of rotatable bonds is 4. The maximum Gasteiger partial charge on any atom is 0.151 e. The Bertz CT molecular complexity index is 458. The first-order chi connectivity index (χ1) is 10.7. The van der Waals surface area contributed by atoms with Crippen molar-refractivity contribution in [3.05, 3.63) is 17.8 Å². The van der Waals surface area contributed by atoms with E-state index in [9.17, 15) is 0 Å². The zero-order valence-electron chi connectivity index (χ0n) is 13.9. The molecule has 0 N–H and O–H groups in total. The van der Waals surface area contributed by atoms with E-state index in [0.717, 1.165) is 37.8 Å². The van der Waals surface area contributed by atoms with Gasteiger partial charge in [0.05, 0.1) is 11.8 Å². The van der Waals surface area contributed by atoms with Crippen molar-refractivity contribution in [1.29, 1.82) is 0 Å². The van der Waals surface area contributed by atoms with Crippen LogP contribution in [0.25, 0.3) is 0 Å². The molecule has 2 fully saturated rings. The molecule has 0 aromatic carbocycles. The molecule has 3 rings (SSSR count). The van der Waals surface area contributed by atoms with Crippen LogP contribution in [0.1, 0.15) is 37.8 Å². The Hall–Kier alpha value is -1.20. The number of anilines is 1. The van der Waals surface area contributed by atoms with E-state index in [4.69, 9.17) is 4.74 Å². The number of hydrogen-bond donors (Lipinski definition) is 0. The van der Waals surface area contributed by atoms with E-state index < -0.39 is 0 Å². The highest BCUT2D eigenvalue weighted by molar-refractivity contribution is 5.38. The van der Waals surface area contributed by atoms with Crippen molar-refractivity contribution in [2.45, 2.75) is 51.2 Å². The van der Waals surface area contributed by atoms with Crippen molar-refractivity contribution in [1.82, 2.24) is 15.1 Å². The quantitative estimate of drug-likeness (QED) is 0.853. The van der Waals surface area contributed by atoms with Crippen LogP contribution in [0.3, 0.4) is 0 Å². The van der Waals surface area contributed by atoms with Crippen molar-refractivity contribution in [2.24, 2.45) is 0 Å². The number of piperidine rings is 1. The second-order valence-corrected chi connectivity index (χ2v) is 6.70. The molecule has 3 heterocycles. The van der Waals surface area contributed by atoms with E-state index in [1.165, 1.54) is 32.1 Å². The van der Waals surface area contributed by atoms with E-state index in [2.05, 4.69) is 33.1 Å². The predicted molar refractivity (Wildman–Crippen MR) is 88.2 cm³/mol. The molecule has 2 unspecified atom stereocenters. The third-order valence-electron chi connectivity index (χ3n) is 4.89. The molecule has 22 heavy (non-hydrogen) atoms. The van der Waals surface area contributed by atoms with Gasteiger partial charge in [0.25, 0.3) is 0 Å². The van der Waals surface area contributed by atoms with Crippen molar-refractivity contribution < 1.29 is 4.74 Å². The summed E-state index contributed by atoms with van der Waals surface area (Å²) in [5.41, 5.74) is 0.976. The average molecular weight is 304 g/mol.